The molecule has 1 nitrogen and oxygen atoms in total. The maximum absolute atomic E-state index is 7.09. The van der Waals surface area contributed by atoms with Crippen LogP contribution in [0.15, 0.2) is 84.9 Å². The normalized spacial score (nSPS) is 10.9. The molecule has 0 atom stereocenters. The summed E-state index contributed by atoms with van der Waals surface area (Å²) in [5, 5.41) is 5.17. The van der Waals surface area contributed by atoms with Crippen molar-refractivity contribution < 1.29 is 5.48 Å². The van der Waals surface area contributed by atoms with E-state index in [-0.39, 0.29) is 5.48 Å². The van der Waals surface area contributed by atoms with Crippen molar-refractivity contribution in [2.45, 2.75) is 0 Å². The molecule has 0 aliphatic rings. The van der Waals surface area contributed by atoms with Gasteiger partial charge in [0.15, 0.2) is 0 Å². The minimum absolute atomic E-state index is 0. The number of benzene rings is 4. The van der Waals surface area contributed by atoms with E-state index in [9.17, 15) is 0 Å². The summed E-state index contributed by atoms with van der Waals surface area (Å²) in [4.78, 5) is 0. The summed E-state index contributed by atoms with van der Waals surface area (Å²) in [7, 11) is 7.09. The number of halogens is 1. The Balaban J connectivity index is 0.00000156. The first kappa shape index (κ1) is 16.3. The SMILES string of the molecule is O.[Cl][Sn]([c]1cccc2ccccc12)[c]1cccc2ccccc12. The average Bonchev–Trinajstić information content (AvgIpc) is 2.60. The Labute approximate surface area is 146 Å². The molecule has 0 heterocycles. The molecule has 0 spiro atoms. The van der Waals surface area contributed by atoms with E-state index >= 15 is 0 Å². The van der Waals surface area contributed by atoms with E-state index in [1.54, 1.807) is 0 Å². The molecule has 0 aliphatic heterocycles. The van der Waals surface area contributed by atoms with Gasteiger partial charge in [0, 0.05) is 0 Å². The summed E-state index contributed by atoms with van der Waals surface area (Å²) >= 11 is -2.41. The molecule has 0 bridgehead atoms. The molecule has 1 radical (unpaired) electrons. The van der Waals surface area contributed by atoms with E-state index in [1.165, 1.54) is 28.7 Å². The van der Waals surface area contributed by atoms with Crippen LogP contribution < -0.4 is 7.16 Å². The topological polar surface area (TPSA) is 31.5 Å². The first-order chi connectivity index (χ1) is 10.8. The van der Waals surface area contributed by atoms with Gasteiger partial charge < -0.3 is 5.48 Å². The minimum atomic E-state index is -2.41. The Hall–Kier alpha value is -1.55. The molecule has 4 rings (SSSR count). The van der Waals surface area contributed by atoms with Crippen LogP contribution in [0.5, 0.6) is 0 Å². The Morgan fingerprint density at radius 2 is 0.913 bits per heavy atom. The van der Waals surface area contributed by atoms with Crippen LogP contribution in [0.1, 0.15) is 0 Å². The predicted molar refractivity (Wildman–Crippen MR) is 102 cm³/mol. The van der Waals surface area contributed by atoms with Crippen LogP contribution in [0.4, 0.5) is 0 Å². The van der Waals surface area contributed by atoms with Crippen LogP contribution in [0.2, 0.25) is 0 Å². The molecule has 23 heavy (non-hydrogen) atoms. The fraction of sp³-hybridized carbons (Fsp3) is 0. The number of hydrogen-bond acceptors (Lipinski definition) is 0. The molecular weight excluding hydrogens is 410 g/mol. The second kappa shape index (κ2) is 6.91. The van der Waals surface area contributed by atoms with Crippen LogP contribution in [0.25, 0.3) is 21.5 Å². The summed E-state index contributed by atoms with van der Waals surface area (Å²) in [5.74, 6) is 0. The summed E-state index contributed by atoms with van der Waals surface area (Å²) in [6.07, 6.45) is 0. The quantitative estimate of drug-likeness (QED) is 0.440. The van der Waals surface area contributed by atoms with Gasteiger partial charge in [-0.15, -0.1) is 0 Å². The van der Waals surface area contributed by atoms with Gasteiger partial charge in [-0.2, -0.15) is 0 Å². The third kappa shape index (κ3) is 2.97. The molecule has 4 aromatic carbocycles. The van der Waals surface area contributed by atoms with E-state index in [0.29, 0.717) is 0 Å². The van der Waals surface area contributed by atoms with Crippen LogP contribution in [0, 0.1) is 0 Å². The average molecular weight is 427 g/mol. The maximum atomic E-state index is 7.09. The van der Waals surface area contributed by atoms with Gasteiger partial charge in [0.05, 0.1) is 0 Å². The zero-order valence-corrected chi connectivity index (χ0v) is 16.1. The van der Waals surface area contributed by atoms with E-state index in [4.69, 9.17) is 8.92 Å². The summed E-state index contributed by atoms with van der Waals surface area (Å²) in [6.45, 7) is 0. The van der Waals surface area contributed by atoms with Crippen molar-refractivity contribution in [1.29, 1.82) is 0 Å². The molecule has 2 N–H and O–H groups in total. The molecule has 113 valence electrons. The number of rotatable bonds is 2. The molecule has 0 saturated carbocycles. The number of fused-ring (bicyclic) bond motifs is 2. The van der Waals surface area contributed by atoms with Crippen molar-refractivity contribution in [1.82, 2.24) is 0 Å². The van der Waals surface area contributed by atoms with Crippen LogP contribution in [0.3, 0.4) is 0 Å². The molecule has 4 aromatic rings. The third-order valence-electron chi connectivity index (χ3n) is 4.05. The zero-order chi connectivity index (χ0) is 14.9. The van der Waals surface area contributed by atoms with Crippen molar-refractivity contribution in [2.75, 3.05) is 0 Å². The van der Waals surface area contributed by atoms with Gasteiger partial charge >= 0.3 is 141 Å². The summed E-state index contributed by atoms with van der Waals surface area (Å²) < 4.78 is 2.72. The van der Waals surface area contributed by atoms with Crippen molar-refractivity contribution in [2.24, 2.45) is 0 Å². The molecule has 0 aromatic heterocycles. The Kier molecular flexibility index (Phi) is 4.90. The standard InChI is InChI=1S/2C10H7.ClH.H2O.Sn/c2*1-2-6-10-8-4-3-7-9(10)5-1;;;/h2*1-7H;1H;1H2;/q;;;;+1/p-1. The molecule has 0 fully saturated rings. The van der Waals surface area contributed by atoms with Crippen molar-refractivity contribution in [3.8, 4) is 0 Å². The molecule has 0 unspecified atom stereocenters. The van der Waals surface area contributed by atoms with Crippen LogP contribution in [-0.2, 0) is 0 Å². The van der Waals surface area contributed by atoms with E-state index in [2.05, 4.69) is 84.9 Å². The predicted octanol–water partition coefficient (Wildman–Crippen LogP) is 3.51. The number of hydrogen-bond donors (Lipinski definition) is 0. The van der Waals surface area contributed by atoms with Gasteiger partial charge in [-0.1, -0.05) is 0 Å². The molecule has 0 saturated heterocycles. The first-order valence-electron chi connectivity index (χ1n) is 7.33. The van der Waals surface area contributed by atoms with Gasteiger partial charge in [-0.25, -0.2) is 0 Å². The fourth-order valence-corrected chi connectivity index (χ4v) is 10.1. The second-order valence-electron chi connectivity index (χ2n) is 5.37. The second-order valence-corrected chi connectivity index (χ2v) is 12.8. The van der Waals surface area contributed by atoms with Crippen LogP contribution >= 0.6 is 8.92 Å². The van der Waals surface area contributed by atoms with Gasteiger partial charge in [-0.3, -0.25) is 0 Å². The van der Waals surface area contributed by atoms with E-state index in [0.717, 1.165) is 0 Å². The summed E-state index contributed by atoms with van der Waals surface area (Å²) in [5.41, 5.74) is 0. The first-order valence-corrected chi connectivity index (χ1v) is 13.8. The molecular formula is C20H16ClOSn. The third-order valence-corrected chi connectivity index (χ3v) is 12.0. The van der Waals surface area contributed by atoms with Crippen molar-refractivity contribution >= 4 is 56.3 Å². The van der Waals surface area contributed by atoms with Gasteiger partial charge in [-0.05, 0) is 0 Å². The van der Waals surface area contributed by atoms with Gasteiger partial charge in [0.2, 0.25) is 0 Å². The van der Waals surface area contributed by atoms with Crippen molar-refractivity contribution in [3.05, 3.63) is 84.9 Å². The Morgan fingerprint density at radius 3 is 1.39 bits per heavy atom. The van der Waals surface area contributed by atoms with E-state index in [1.807, 2.05) is 0 Å². The Bertz CT molecular complexity index is 878. The Morgan fingerprint density at radius 1 is 0.522 bits per heavy atom. The summed E-state index contributed by atoms with van der Waals surface area (Å²) in [6, 6.07) is 30.1. The zero-order valence-electron chi connectivity index (χ0n) is 12.5. The van der Waals surface area contributed by atoms with Gasteiger partial charge in [0.1, 0.15) is 0 Å². The molecule has 3 heteroatoms. The fourth-order valence-electron chi connectivity index (χ4n) is 2.98. The van der Waals surface area contributed by atoms with E-state index < -0.39 is 18.6 Å². The van der Waals surface area contributed by atoms with Gasteiger partial charge in [0.25, 0.3) is 0 Å². The van der Waals surface area contributed by atoms with Crippen LogP contribution in [-0.4, -0.2) is 24.1 Å². The molecule has 0 aliphatic carbocycles. The monoisotopic (exact) mass is 427 g/mol. The van der Waals surface area contributed by atoms with Crippen molar-refractivity contribution in [3.63, 3.8) is 0 Å². The molecule has 0 amide bonds.